The van der Waals surface area contributed by atoms with Gasteiger partial charge in [-0.15, -0.1) is 0 Å². The van der Waals surface area contributed by atoms with E-state index in [1.54, 1.807) is 19.2 Å². The summed E-state index contributed by atoms with van der Waals surface area (Å²) in [6.07, 6.45) is 0.810. The number of rotatable bonds is 8. The van der Waals surface area contributed by atoms with Gasteiger partial charge in [0.15, 0.2) is 0 Å². The van der Waals surface area contributed by atoms with Crippen molar-refractivity contribution < 1.29 is 22.3 Å². The molecule has 156 valence electrons. The Morgan fingerprint density at radius 1 is 0.933 bits per heavy atom. The number of amides is 1. The smallest absolute Gasteiger partial charge is 0.261 e. The van der Waals surface area contributed by atoms with Crippen LogP contribution in [0.25, 0.3) is 0 Å². The predicted molar refractivity (Wildman–Crippen MR) is 114 cm³/mol. The van der Waals surface area contributed by atoms with E-state index in [1.165, 1.54) is 24.3 Å². The van der Waals surface area contributed by atoms with Crippen molar-refractivity contribution in [1.29, 1.82) is 0 Å². The van der Waals surface area contributed by atoms with Crippen LogP contribution in [0.15, 0.2) is 77.7 Å². The maximum Gasteiger partial charge on any atom is 0.261 e. The summed E-state index contributed by atoms with van der Waals surface area (Å²) in [6, 6.07) is 18.3. The lowest BCUT2D eigenvalue weighted by Gasteiger charge is -2.10. The maximum atomic E-state index is 13.0. The summed E-state index contributed by atoms with van der Waals surface area (Å²) in [5, 5.41) is 2.78. The van der Waals surface area contributed by atoms with Crippen molar-refractivity contribution in [1.82, 2.24) is 0 Å². The standard InChI is InChI=1S/C22H21FN2O4S/c1-29-21-5-3-2-4-16(21)6-15-22(26)24-18-9-11-19(12-10-18)25-30(27,28)20-13-7-17(23)8-14-20/h2-5,7-14,25H,6,15H2,1H3,(H,24,26). The van der Waals surface area contributed by atoms with Gasteiger partial charge < -0.3 is 10.1 Å². The molecule has 0 aliphatic rings. The molecule has 1 amide bonds. The SMILES string of the molecule is COc1ccccc1CCC(=O)Nc1ccc(NS(=O)(=O)c2ccc(F)cc2)cc1. The highest BCUT2D eigenvalue weighted by atomic mass is 32.2. The first-order valence-corrected chi connectivity index (χ1v) is 10.7. The molecule has 0 aliphatic carbocycles. The molecule has 0 aromatic heterocycles. The fraction of sp³-hybridized carbons (Fsp3) is 0.136. The normalized spacial score (nSPS) is 11.0. The number of nitrogens with one attached hydrogen (secondary N) is 2. The average Bonchev–Trinajstić information content (AvgIpc) is 2.74. The maximum absolute atomic E-state index is 13.0. The van der Waals surface area contributed by atoms with E-state index >= 15 is 0 Å². The molecule has 0 spiro atoms. The molecule has 3 aromatic carbocycles. The Morgan fingerprint density at radius 3 is 2.23 bits per heavy atom. The lowest BCUT2D eigenvalue weighted by Crippen LogP contribution is -2.14. The summed E-state index contributed by atoms with van der Waals surface area (Å²) in [4.78, 5) is 12.2. The number of methoxy groups -OCH3 is 1. The van der Waals surface area contributed by atoms with E-state index in [2.05, 4.69) is 10.0 Å². The number of halogens is 1. The molecule has 6 nitrogen and oxygen atoms in total. The van der Waals surface area contributed by atoms with Gasteiger partial charge in [0.05, 0.1) is 12.0 Å². The zero-order valence-corrected chi connectivity index (χ0v) is 17.1. The van der Waals surface area contributed by atoms with E-state index < -0.39 is 15.8 Å². The van der Waals surface area contributed by atoms with Crippen LogP contribution < -0.4 is 14.8 Å². The molecule has 0 saturated heterocycles. The lowest BCUT2D eigenvalue weighted by molar-refractivity contribution is -0.116. The number of anilines is 2. The molecule has 3 aromatic rings. The molecule has 30 heavy (non-hydrogen) atoms. The van der Waals surface area contributed by atoms with Crippen LogP contribution in [0.5, 0.6) is 5.75 Å². The van der Waals surface area contributed by atoms with Crippen LogP contribution in [-0.2, 0) is 21.2 Å². The van der Waals surface area contributed by atoms with Gasteiger partial charge in [-0.1, -0.05) is 18.2 Å². The van der Waals surface area contributed by atoms with Crippen LogP contribution in [0, 0.1) is 5.82 Å². The van der Waals surface area contributed by atoms with Crippen LogP contribution >= 0.6 is 0 Å². The topological polar surface area (TPSA) is 84.5 Å². The molecule has 2 N–H and O–H groups in total. The van der Waals surface area contributed by atoms with E-state index in [1.807, 2.05) is 24.3 Å². The minimum absolute atomic E-state index is 0.0439. The lowest BCUT2D eigenvalue weighted by atomic mass is 10.1. The van der Waals surface area contributed by atoms with Crippen molar-refractivity contribution in [2.75, 3.05) is 17.1 Å². The summed E-state index contributed by atoms with van der Waals surface area (Å²) in [5.74, 6) is 0.0587. The second-order valence-electron chi connectivity index (χ2n) is 6.50. The van der Waals surface area contributed by atoms with Gasteiger partial charge in [-0.2, -0.15) is 0 Å². The quantitative estimate of drug-likeness (QED) is 0.563. The van der Waals surface area contributed by atoms with Crippen molar-refractivity contribution in [3.05, 3.63) is 84.2 Å². The number of ether oxygens (including phenoxy) is 1. The highest BCUT2D eigenvalue weighted by Gasteiger charge is 2.14. The molecule has 0 aliphatic heterocycles. The molecule has 0 radical (unpaired) electrons. The Balaban J connectivity index is 1.57. The second kappa shape index (κ2) is 9.41. The Bertz CT molecular complexity index is 1110. The molecule has 0 fully saturated rings. The Kier molecular flexibility index (Phi) is 6.68. The molecule has 0 saturated carbocycles. The summed E-state index contributed by atoms with van der Waals surface area (Å²) in [6.45, 7) is 0. The monoisotopic (exact) mass is 428 g/mol. The third-order valence-corrected chi connectivity index (χ3v) is 5.76. The average molecular weight is 428 g/mol. The van der Waals surface area contributed by atoms with Crippen LogP contribution in [-0.4, -0.2) is 21.4 Å². The highest BCUT2D eigenvalue weighted by molar-refractivity contribution is 7.92. The van der Waals surface area contributed by atoms with Crippen molar-refractivity contribution >= 4 is 27.3 Å². The highest BCUT2D eigenvalue weighted by Crippen LogP contribution is 2.21. The van der Waals surface area contributed by atoms with Crippen LogP contribution in [0.2, 0.25) is 0 Å². The molecule has 0 unspecified atom stereocenters. The molecular weight excluding hydrogens is 407 g/mol. The number of hydrogen-bond donors (Lipinski definition) is 2. The summed E-state index contributed by atoms with van der Waals surface area (Å²) < 4.78 is 45.3. The Labute approximate surface area is 174 Å². The zero-order valence-electron chi connectivity index (χ0n) is 16.3. The van der Waals surface area contributed by atoms with Crippen molar-refractivity contribution in [3.63, 3.8) is 0 Å². The number of carbonyl (C=O) groups is 1. The fourth-order valence-corrected chi connectivity index (χ4v) is 3.89. The second-order valence-corrected chi connectivity index (χ2v) is 8.18. The van der Waals surface area contributed by atoms with E-state index in [-0.39, 0.29) is 17.2 Å². The zero-order chi connectivity index (χ0) is 21.6. The largest absolute Gasteiger partial charge is 0.496 e. The van der Waals surface area contributed by atoms with Gasteiger partial charge in [0.25, 0.3) is 10.0 Å². The van der Waals surface area contributed by atoms with Gasteiger partial charge in [0.2, 0.25) is 5.91 Å². The van der Waals surface area contributed by atoms with Gasteiger partial charge in [0, 0.05) is 17.8 Å². The number of para-hydroxylation sites is 1. The van der Waals surface area contributed by atoms with Gasteiger partial charge in [0.1, 0.15) is 11.6 Å². The third kappa shape index (κ3) is 5.57. The van der Waals surface area contributed by atoms with E-state index in [4.69, 9.17) is 4.74 Å². The van der Waals surface area contributed by atoms with Crippen molar-refractivity contribution in [2.24, 2.45) is 0 Å². The number of carbonyl (C=O) groups excluding carboxylic acids is 1. The fourth-order valence-electron chi connectivity index (χ4n) is 2.83. The number of sulfonamides is 1. The molecule has 8 heteroatoms. The number of hydrogen-bond acceptors (Lipinski definition) is 4. The predicted octanol–water partition coefficient (Wildman–Crippen LogP) is 4.21. The summed E-state index contributed by atoms with van der Waals surface area (Å²) in [5.41, 5.74) is 1.82. The molecular formula is C22H21FN2O4S. The molecule has 3 rings (SSSR count). The van der Waals surface area contributed by atoms with Gasteiger partial charge in [-0.05, 0) is 66.6 Å². The van der Waals surface area contributed by atoms with E-state index in [0.29, 0.717) is 17.8 Å². The van der Waals surface area contributed by atoms with Gasteiger partial charge in [-0.3, -0.25) is 9.52 Å². The van der Waals surface area contributed by atoms with Gasteiger partial charge in [-0.25, -0.2) is 12.8 Å². The molecule has 0 heterocycles. The Morgan fingerprint density at radius 2 is 1.57 bits per heavy atom. The van der Waals surface area contributed by atoms with E-state index in [0.717, 1.165) is 23.4 Å². The number of aryl methyl sites for hydroxylation is 1. The molecule has 0 bridgehead atoms. The van der Waals surface area contributed by atoms with Gasteiger partial charge >= 0.3 is 0 Å². The molecule has 0 atom stereocenters. The Hall–Kier alpha value is -3.39. The minimum Gasteiger partial charge on any atom is -0.496 e. The first kappa shape index (κ1) is 21.3. The first-order valence-electron chi connectivity index (χ1n) is 9.17. The summed E-state index contributed by atoms with van der Waals surface area (Å²) >= 11 is 0. The van der Waals surface area contributed by atoms with Crippen LogP contribution in [0.4, 0.5) is 15.8 Å². The van der Waals surface area contributed by atoms with E-state index in [9.17, 15) is 17.6 Å². The van der Waals surface area contributed by atoms with Crippen LogP contribution in [0.1, 0.15) is 12.0 Å². The van der Waals surface area contributed by atoms with Crippen molar-refractivity contribution in [2.45, 2.75) is 17.7 Å². The number of benzene rings is 3. The van der Waals surface area contributed by atoms with Crippen molar-refractivity contribution in [3.8, 4) is 5.75 Å². The minimum atomic E-state index is -3.83. The first-order chi connectivity index (χ1) is 14.4. The summed E-state index contributed by atoms with van der Waals surface area (Å²) in [7, 11) is -2.24. The third-order valence-electron chi connectivity index (χ3n) is 4.36. The van der Waals surface area contributed by atoms with Crippen LogP contribution in [0.3, 0.4) is 0 Å².